The second-order valence-electron chi connectivity index (χ2n) is 5.12. The monoisotopic (exact) mass is 270 g/mol. The average Bonchev–Trinajstić information content (AvgIpc) is 2.28. The topological polar surface area (TPSA) is 27.5 Å². The Morgan fingerprint density at radius 1 is 0.933 bits per heavy atom. The zero-order chi connectivity index (χ0) is 10.6. The van der Waals surface area contributed by atoms with E-state index in [0.717, 1.165) is 0 Å². The molecule has 2 nitrogen and oxygen atoms in total. The van der Waals surface area contributed by atoms with Crippen molar-refractivity contribution in [3.05, 3.63) is 40.6 Å². The Kier molecular flexibility index (Phi) is 3.03. The summed E-state index contributed by atoms with van der Waals surface area (Å²) >= 11 is 0. The SMILES string of the molecule is CC1(C)c2ccccc2C(C)(C)[NH+]1[O-].[Br-]. The highest BCUT2D eigenvalue weighted by atomic mass is 79.9. The summed E-state index contributed by atoms with van der Waals surface area (Å²) in [5, 5.41) is 12.5. The Balaban J connectivity index is 0.00000112. The number of hydrogen-bond acceptors (Lipinski definition) is 1. The van der Waals surface area contributed by atoms with Gasteiger partial charge in [-0.1, -0.05) is 24.3 Å². The maximum absolute atomic E-state index is 12.2. The molecule has 0 spiro atoms. The molecule has 1 heterocycles. The van der Waals surface area contributed by atoms with Crippen LogP contribution in [-0.2, 0) is 11.1 Å². The van der Waals surface area contributed by atoms with E-state index in [0.29, 0.717) is 5.06 Å². The van der Waals surface area contributed by atoms with E-state index in [9.17, 15) is 5.21 Å². The van der Waals surface area contributed by atoms with Gasteiger partial charge in [0.05, 0.1) is 0 Å². The lowest BCUT2D eigenvalue weighted by Gasteiger charge is -2.40. The van der Waals surface area contributed by atoms with Crippen LogP contribution in [0.5, 0.6) is 0 Å². The molecule has 0 atom stereocenters. The summed E-state index contributed by atoms with van der Waals surface area (Å²) < 4.78 is 0. The number of quaternary nitrogens is 1. The van der Waals surface area contributed by atoms with Crippen molar-refractivity contribution in [1.82, 2.24) is 0 Å². The molecule has 0 saturated heterocycles. The molecule has 0 aliphatic carbocycles. The minimum atomic E-state index is -0.319. The van der Waals surface area contributed by atoms with Gasteiger partial charge in [0.2, 0.25) is 0 Å². The lowest BCUT2D eigenvalue weighted by atomic mass is 9.91. The maximum Gasteiger partial charge on any atom is 0.118 e. The molecule has 0 unspecified atom stereocenters. The first-order valence-electron chi connectivity index (χ1n) is 5.03. The van der Waals surface area contributed by atoms with Gasteiger partial charge in [-0.05, 0) is 27.7 Å². The predicted octanol–water partition coefficient (Wildman–Crippen LogP) is -1.44. The van der Waals surface area contributed by atoms with Crippen LogP contribution in [0.1, 0.15) is 38.8 Å². The highest BCUT2D eigenvalue weighted by Crippen LogP contribution is 2.35. The first kappa shape index (κ1) is 12.7. The van der Waals surface area contributed by atoms with Crippen LogP contribution in [-0.4, -0.2) is 0 Å². The summed E-state index contributed by atoms with van der Waals surface area (Å²) in [6, 6.07) is 8.16. The number of halogens is 1. The van der Waals surface area contributed by atoms with Gasteiger partial charge in [-0.25, -0.2) is 0 Å². The Labute approximate surface area is 102 Å². The highest BCUT2D eigenvalue weighted by Gasteiger charge is 2.48. The van der Waals surface area contributed by atoms with E-state index in [1.807, 2.05) is 39.8 Å². The van der Waals surface area contributed by atoms with E-state index >= 15 is 0 Å². The fraction of sp³-hybridized carbons (Fsp3) is 0.500. The molecule has 84 valence electrons. The average molecular weight is 271 g/mol. The van der Waals surface area contributed by atoms with Gasteiger partial charge in [0.15, 0.2) is 0 Å². The predicted molar refractivity (Wildman–Crippen MR) is 56.8 cm³/mol. The van der Waals surface area contributed by atoms with E-state index in [4.69, 9.17) is 0 Å². The van der Waals surface area contributed by atoms with Crippen LogP contribution in [0.2, 0.25) is 0 Å². The van der Waals surface area contributed by atoms with Crippen molar-refractivity contribution in [3.63, 3.8) is 0 Å². The molecular weight excluding hydrogens is 254 g/mol. The summed E-state index contributed by atoms with van der Waals surface area (Å²) in [7, 11) is 0. The number of benzene rings is 1. The van der Waals surface area contributed by atoms with Crippen LogP contribution in [0.3, 0.4) is 0 Å². The first-order valence-corrected chi connectivity index (χ1v) is 5.03. The highest BCUT2D eigenvalue weighted by molar-refractivity contribution is 5.38. The fourth-order valence-electron chi connectivity index (χ4n) is 2.60. The fourth-order valence-corrected chi connectivity index (χ4v) is 2.60. The van der Waals surface area contributed by atoms with Crippen molar-refractivity contribution < 1.29 is 22.0 Å². The van der Waals surface area contributed by atoms with Crippen molar-refractivity contribution in [2.75, 3.05) is 0 Å². The van der Waals surface area contributed by atoms with Gasteiger partial charge in [0.25, 0.3) is 0 Å². The Bertz CT molecular complexity index is 339. The normalized spacial score (nSPS) is 21.9. The van der Waals surface area contributed by atoms with Gasteiger partial charge in [-0.3, -0.25) is 0 Å². The summed E-state index contributed by atoms with van der Waals surface area (Å²) in [5.74, 6) is 0. The molecule has 0 radical (unpaired) electrons. The van der Waals surface area contributed by atoms with Crippen LogP contribution >= 0.6 is 0 Å². The molecule has 0 bridgehead atoms. The van der Waals surface area contributed by atoms with Gasteiger partial charge in [-0.2, -0.15) is 0 Å². The number of nitrogens with one attached hydrogen (secondary N) is 1. The number of hydroxylamine groups is 2. The van der Waals surface area contributed by atoms with Crippen LogP contribution in [0.4, 0.5) is 0 Å². The van der Waals surface area contributed by atoms with Gasteiger partial charge in [0.1, 0.15) is 11.1 Å². The van der Waals surface area contributed by atoms with Gasteiger partial charge in [-0.15, -0.1) is 0 Å². The second kappa shape index (κ2) is 3.58. The zero-order valence-electron chi connectivity index (χ0n) is 9.60. The van der Waals surface area contributed by atoms with Crippen molar-refractivity contribution in [2.45, 2.75) is 38.8 Å². The lowest BCUT2D eigenvalue weighted by Crippen LogP contribution is -3.17. The Morgan fingerprint density at radius 3 is 1.60 bits per heavy atom. The minimum absolute atomic E-state index is 0. The summed E-state index contributed by atoms with van der Waals surface area (Å²) in [6.07, 6.45) is 0. The molecule has 1 aromatic rings. The van der Waals surface area contributed by atoms with Crippen molar-refractivity contribution in [2.24, 2.45) is 0 Å². The molecule has 0 saturated carbocycles. The van der Waals surface area contributed by atoms with Crippen LogP contribution in [0.25, 0.3) is 0 Å². The largest absolute Gasteiger partial charge is 1.00 e. The molecule has 0 fully saturated rings. The van der Waals surface area contributed by atoms with Crippen LogP contribution in [0, 0.1) is 5.21 Å². The second-order valence-corrected chi connectivity index (χ2v) is 5.12. The van der Waals surface area contributed by atoms with Crippen molar-refractivity contribution in [1.29, 1.82) is 0 Å². The van der Waals surface area contributed by atoms with Gasteiger partial charge >= 0.3 is 0 Å². The molecular formula is C12H17BrNO-. The smallest absolute Gasteiger partial charge is 0.118 e. The van der Waals surface area contributed by atoms with Crippen molar-refractivity contribution in [3.8, 4) is 0 Å². The van der Waals surface area contributed by atoms with Gasteiger partial charge < -0.3 is 27.3 Å². The summed E-state index contributed by atoms with van der Waals surface area (Å²) in [6.45, 7) is 8.07. The molecule has 0 amide bonds. The lowest BCUT2D eigenvalue weighted by molar-refractivity contribution is -0.955. The summed E-state index contributed by atoms with van der Waals surface area (Å²) in [4.78, 5) is 0. The van der Waals surface area contributed by atoms with E-state index in [-0.39, 0.29) is 28.1 Å². The zero-order valence-corrected chi connectivity index (χ0v) is 11.2. The molecule has 1 aliphatic rings. The number of fused-ring (bicyclic) bond motifs is 1. The third-order valence-corrected chi connectivity index (χ3v) is 3.41. The van der Waals surface area contributed by atoms with Crippen LogP contribution in [0.15, 0.2) is 24.3 Å². The molecule has 1 aromatic carbocycles. The van der Waals surface area contributed by atoms with Crippen molar-refractivity contribution >= 4 is 0 Å². The van der Waals surface area contributed by atoms with Gasteiger partial charge in [0, 0.05) is 11.1 Å². The molecule has 2 rings (SSSR count). The maximum atomic E-state index is 12.2. The quantitative estimate of drug-likeness (QED) is 0.575. The van der Waals surface area contributed by atoms with E-state index in [1.165, 1.54) is 11.1 Å². The van der Waals surface area contributed by atoms with Crippen LogP contribution < -0.4 is 22.0 Å². The first-order chi connectivity index (χ1) is 6.38. The number of rotatable bonds is 0. The minimum Gasteiger partial charge on any atom is -1.00 e. The molecule has 1 aliphatic heterocycles. The van der Waals surface area contributed by atoms with E-state index in [2.05, 4.69) is 12.1 Å². The molecule has 0 aromatic heterocycles. The number of hydrogen-bond donors (Lipinski definition) is 1. The molecule has 1 N–H and O–H groups in total. The van der Waals surface area contributed by atoms with E-state index in [1.54, 1.807) is 0 Å². The Hall–Kier alpha value is -0.380. The standard InChI is InChI=1S/C12H17NO.BrH/c1-11(2)9-7-5-6-8-10(9)12(3,4)13(11)14;/h5-8,13H,1-4H3;1H/p-1. The molecule has 15 heavy (non-hydrogen) atoms. The molecule has 3 heteroatoms. The third kappa shape index (κ3) is 1.53. The Morgan fingerprint density at radius 2 is 1.27 bits per heavy atom. The third-order valence-electron chi connectivity index (χ3n) is 3.41. The van der Waals surface area contributed by atoms with E-state index < -0.39 is 0 Å². The summed E-state index contributed by atoms with van der Waals surface area (Å²) in [5.41, 5.74) is 1.74.